The van der Waals surface area contributed by atoms with E-state index in [4.69, 9.17) is 10.2 Å². The summed E-state index contributed by atoms with van der Waals surface area (Å²) >= 11 is 3.13. The lowest BCUT2D eigenvalue weighted by Crippen LogP contribution is -2.12. The highest BCUT2D eigenvalue weighted by Gasteiger charge is 2.03. The topological polar surface area (TPSA) is 60.8 Å². The third kappa shape index (κ3) is 1.98. The van der Waals surface area contributed by atoms with Gasteiger partial charge in [-0.3, -0.25) is 0 Å². The second-order valence-electron chi connectivity index (χ2n) is 1.76. The molecule has 0 spiro atoms. The van der Waals surface area contributed by atoms with Crippen LogP contribution in [0.4, 0.5) is 0 Å². The van der Waals surface area contributed by atoms with Gasteiger partial charge in [0.15, 0.2) is 10.4 Å². The van der Waals surface area contributed by atoms with Gasteiger partial charge in [0.1, 0.15) is 7.11 Å². The van der Waals surface area contributed by atoms with Gasteiger partial charge in [0, 0.05) is 0 Å². The predicted molar refractivity (Wildman–Crippen MR) is 44.1 cm³/mol. The fraction of sp³-hybridized carbons (Fsp3) is 0.167. The van der Waals surface area contributed by atoms with Gasteiger partial charge in [0.2, 0.25) is 5.84 Å². The Morgan fingerprint density at radius 2 is 2.45 bits per heavy atom. The first-order valence-electron chi connectivity index (χ1n) is 2.86. The molecule has 11 heavy (non-hydrogen) atoms. The van der Waals surface area contributed by atoms with E-state index in [-0.39, 0.29) is 5.84 Å². The van der Waals surface area contributed by atoms with Gasteiger partial charge in [0.25, 0.3) is 0 Å². The summed E-state index contributed by atoms with van der Waals surface area (Å²) in [7, 11) is 1.42. The Bertz CT molecular complexity index is 269. The van der Waals surface area contributed by atoms with Crippen LogP contribution in [0.25, 0.3) is 0 Å². The second-order valence-corrected chi connectivity index (χ2v) is 2.54. The Balaban J connectivity index is 2.84. The Hall–Kier alpha value is -0.970. The molecule has 0 radical (unpaired) electrons. The standard InChI is InChI=1S/C6H7BrN2O2/c1-10-9-6(8)4-2-3-5(7)11-4/h2-3H,1H3,(H2,8,9). The molecule has 60 valence electrons. The lowest BCUT2D eigenvalue weighted by Gasteiger charge is -1.92. The first-order chi connectivity index (χ1) is 5.24. The number of amidine groups is 1. The molecule has 0 atom stereocenters. The summed E-state index contributed by atoms with van der Waals surface area (Å²) in [6.45, 7) is 0. The minimum Gasteiger partial charge on any atom is -0.446 e. The van der Waals surface area contributed by atoms with E-state index in [1.54, 1.807) is 12.1 Å². The van der Waals surface area contributed by atoms with Crippen LogP contribution in [-0.2, 0) is 4.84 Å². The van der Waals surface area contributed by atoms with Crippen molar-refractivity contribution in [3.8, 4) is 0 Å². The molecule has 1 rings (SSSR count). The summed E-state index contributed by atoms with van der Waals surface area (Å²) in [4.78, 5) is 4.45. The zero-order valence-corrected chi connectivity index (χ0v) is 7.46. The number of rotatable bonds is 2. The third-order valence-corrected chi connectivity index (χ3v) is 1.44. The Kier molecular flexibility index (Phi) is 2.53. The quantitative estimate of drug-likeness (QED) is 0.463. The molecule has 1 aromatic rings. The van der Waals surface area contributed by atoms with Crippen LogP contribution in [0.5, 0.6) is 0 Å². The predicted octanol–water partition coefficient (Wildman–Crippen LogP) is 1.31. The minimum absolute atomic E-state index is 0.221. The molecule has 0 aliphatic heterocycles. The van der Waals surface area contributed by atoms with Crippen molar-refractivity contribution in [3.05, 3.63) is 22.6 Å². The van der Waals surface area contributed by atoms with E-state index in [1.807, 2.05) is 0 Å². The van der Waals surface area contributed by atoms with Crippen LogP contribution < -0.4 is 5.73 Å². The highest BCUT2D eigenvalue weighted by molar-refractivity contribution is 9.10. The molecule has 0 fully saturated rings. The molecule has 0 amide bonds. The van der Waals surface area contributed by atoms with Crippen molar-refractivity contribution in [2.24, 2.45) is 10.9 Å². The summed E-state index contributed by atoms with van der Waals surface area (Å²) in [6, 6.07) is 3.43. The summed E-state index contributed by atoms with van der Waals surface area (Å²) in [5.74, 6) is 0.705. The van der Waals surface area contributed by atoms with Gasteiger partial charge >= 0.3 is 0 Å². The van der Waals surface area contributed by atoms with Gasteiger partial charge in [-0.1, -0.05) is 5.16 Å². The van der Waals surface area contributed by atoms with E-state index in [9.17, 15) is 0 Å². The molecule has 5 heteroatoms. The van der Waals surface area contributed by atoms with Crippen LogP contribution in [-0.4, -0.2) is 12.9 Å². The van der Waals surface area contributed by atoms with Crippen molar-refractivity contribution in [3.63, 3.8) is 0 Å². The zero-order valence-electron chi connectivity index (χ0n) is 5.87. The van der Waals surface area contributed by atoms with Crippen molar-refractivity contribution < 1.29 is 9.25 Å². The largest absolute Gasteiger partial charge is 0.446 e. The van der Waals surface area contributed by atoms with E-state index in [0.717, 1.165) is 0 Å². The lowest BCUT2D eigenvalue weighted by molar-refractivity contribution is 0.212. The number of hydrogen-bond donors (Lipinski definition) is 1. The minimum atomic E-state index is 0.221. The van der Waals surface area contributed by atoms with Crippen LogP contribution in [0.3, 0.4) is 0 Å². The van der Waals surface area contributed by atoms with Crippen molar-refractivity contribution in [2.45, 2.75) is 0 Å². The average Bonchev–Trinajstić information content (AvgIpc) is 2.36. The molecule has 2 N–H and O–H groups in total. The fourth-order valence-electron chi connectivity index (χ4n) is 0.595. The zero-order chi connectivity index (χ0) is 8.27. The van der Waals surface area contributed by atoms with Gasteiger partial charge in [0.05, 0.1) is 0 Å². The van der Waals surface area contributed by atoms with Gasteiger partial charge < -0.3 is 15.0 Å². The second kappa shape index (κ2) is 3.43. The summed E-state index contributed by atoms with van der Waals surface area (Å²) in [6.07, 6.45) is 0. The molecule has 0 unspecified atom stereocenters. The number of oxime groups is 1. The average molecular weight is 219 g/mol. The number of furan rings is 1. The van der Waals surface area contributed by atoms with E-state index in [0.29, 0.717) is 10.4 Å². The Labute approximate surface area is 72.1 Å². The smallest absolute Gasteiger partial charge is 0.206 e. The molecule has 0 saturated heterocycles. The van der Waals surface area contributed by atoms with Crippen molar-refractivity contribution in [1.29, 1.82) is 0 Å². The lowest BCUT2D eigenvalue weighted by atomic mass is 10.4. The molecule has 0 aliphatic rings. The number of nitrogens with two attached hydrogens (primary N) is 1. The third-order valence-electron chi connectivity index (χ3n) is 1.02. The Morgan fingerprint density at radius 1 is 1.73 bits per heavy atom. The van der Waals surface area contributed by atoms with E-state index < -0.39 is 0 Å². The first kappa shape index (κ1) is 8.13. The highest BCUT2D eigenvalue weighted by atomic mass is 79.9. The molecule has 1 heterocycles. The summed E-state index contributed by atoms with van der Waals surface area (Å²) in [5.41, 5.74) is 5.43. The maximum absolute atomic E-state index is 5.43. The van der Waals surface area contributed by atoms with E-state index in [1.165, 1.54) is 7.11 Å². The molecule has 0 saturated carbocycles. The number of hydrogen-bond acceptors (Lipinski definition) is 3. The summed E-state index contributed by atoms with van der Waals surface area (Å²) < 4.78 is 5.69. The maximum Gasteiger partial charge on any atom is 0.206 e. The van der Waals surface area contributed by atoms with Crippen LogP contribution >= 0.6 is 15.9 Å². The maximum atomic E-state index is 5.43. The van der Waals surface area contributed by atoms with Crippen LogP contribution in [0.15, 0.2) is 26.4 Å². The first-order valence-corrected chi connectivity index (χ1v) is 3.65. The van der Waals surface area contributed by atoms with Gasteiger partial charge in [-0.05, 0) is 28.1 Å². The molecular weight excluding hydrogens is 212 g/mol. The molecule has 0 bridgehead atoms. The van der Waals surface area contributed by atoms with Crippen molar-refractivity contribution in [2.75, 3.05) is 7.11 Å². The molecule has 4 nitrogen and oxygen atoms in total. The summed E-state index contributed by atoms with van der Waals surface area (Å²) in [5, 5.41) is 3.49. The van der Waals surface area contributed by atoms with Gasteiger partial charge in [-0.2, -0.15) is 0 Å². The van der Waals surface area contributed by atoms with Crippen LogP contribution in [0, 0.1) is 0 Å². The van der Waals surface area contributed by atoms with Crippen LogP contribution in [0.2, 0.25) is 0 Å². The van der Waals surface area contributed by atoms with Gasteiger partial charge in [-0.25, -0.2) is 0 Å². The monoisotopic (exact) mass is 218 g/mol. The Morgan fingerprint density at radius 3 is 2.91 bits per heavy atom. The molecule has 1 aromatic heterocycles. The molecule has 0 aliphatic carbocycles. The van der Waals surface area contributed by atoms with Crippen molar-refractivity contribution >= 4 is 21.8 Å². The highest BCUT2D eigenvalue weighted by Crippen LogP contribution is 2.13. The fourth-order valence-corrected chi connectivity index (χ4v) is 0.902. The van der Waals surface area contributed by atoms with Gasteiger partial charge in [-0.15, -0.1) is 0 Å². The normalized spacial score (nSPS) is 11.6. The van der Waals surface area contributed by atoms with Crippen molar-refractivity contribution in [1.82, 2.24) is 0 Å². The number of nitrogens with zero attached hydrogens (tertiary/aromatic N) is 1. The molecule has 0 aromatic carbocycles. The SMILES string of the molecule is CO/N=C(/N)c1ccc(Br)o1. The molecular formula is C6H7BrN2O2. The van der Waals surface area contributed by atoms with E-state index in [2.05, 4.69) is 25.9 Å². The van der Waals surface area contributed by atoms with Crippen LogP contribution in [0.1, 0.15) is 5.76 Å². The van der Waals surface area contributed by atoms with E-state index >= 15 is 0 Å². The number of halogens is 1.